The molecule has 0 spiro atoms. The number of nitriles is 1. The van der Waals surface area contributed by atoms with E-state index < -0.39 is 0 Å². The Morgan fingerprint density at radius 3 is 2.80 bits per heavy atom. The highest BCUT2D eigenvalue weighted by molar-refractivity contribution is 5.97. The molecule has 1 saturated heterocycles. The van der Waals surface area contributed by atoms with E-state index in [1.165, 1.54) is 11.1 Å². The highest BCUT2D eigenvalue weighted by Crippen LogP contribution is 2.16. The Balaban J connectivity index is 1.86. The van der Waals surface area contributed by atoms with Gasteiger partial charge in [0.05, 0.1) is 0 Å². The van der Waals surface area contributed by atoms with Crippen LogP contribution in [0.1, 0.15) is 24.0 Å². The highest BCUT2D eigenvalue weighted by atomic mass is 16.2. The van der Waals surface area contributed by atoms with Crippen molar-refractivity contribution >= 4 is 5.91 Å². The number of amides is 1. The number of aryl methyl sites for hydroxylation is 1. The highest BCUT2D eigenvalue weighted by Gasteiger charge is 2.25. The molecule has 5 nitrogen and oxygen atoms in total. The lowest BCUT2D eigenvalue weighted by Crippen LogP contribution is -2.45. The molecule has 0 atom stereocenters. The van der Waals surface area contributed by atoms with Gasteiger partial charge in [0.25, 0.3) is 5.91 Å². The number of nitrogens with one attached hydrogen (secondary N) is 1. The van der Waals surface area contributed by atoms with Gasteiger partial charge in [0.1, 0.15) is 11.6 Å². The molecule has 2 rings (SSSR count). The van der Waals surface area contributed by atoms with Crippen molar-refractivity contribution in [2.24, 2.45) is 0 Å². The first-order chi connectivity index (χ1) is 12.0. The Hall–Kier alpha value is -2.32. The molecule has 1 aliphatic rings. The minimum Gasteiger partial charge on any atom is -0.389 e. The minimum absolute atomic E-state index is 0.172. The number of benzene rings is 1. The van der Waals surface area contributed by atoms with Gasteiger partial charge in [-0.2, -0.15) is 5.26 Å². The summed E-state index contributed by atoms with van der Waals surface area (Å²) in [6.45, 7) is 4.74. The van der Waals surface area contributed by atoms with Gasteiger partial charge in [-0.25, -0.2) is 0 Å². The number of hydrogen-bond acceptors (Lipinski definition) is 4. The largest absolute Gasteiger partial charge is 0.389 e. The van der Waals surface area contributed by atoms with Crippen molar-refractivity contribution in [1.29, 1.82) is 5.26 Å². The lowest BCUT2D eigenvalue weighted by Gasteiger charge is -2.34. The molecule has 0 bridgehead atoms. The summed E-state index contributed by atoms with van der Waals surface area (Å²) in [6, 6.07) is 10.6. The van der Waals surface area contributed by atoms with E-state index in [1.54, 1.807) is 18.1 Å². The lowest BCUT2D eigenvalue weighted by molar-refractivity contribution is -0.128. The summed E-state index contributed by atoms with van der Waals surface area (Å²) in [4.78, 5) is 16.5. The van der Waals surface area contributed by atoms with E-state index in [4.69, 9.17) is 0 Å². The molecule has 0 radical (unpaired) electrons. The number of hydrogen-bond donors (Lipinski definition) is 1. The third kappa shape index (κ3) is 5.61. The van der Waals surface area contributed by atoms with Gasteiger partial charge >= 0.3 is 0 Å². The third-order valence-corrected chi connectivity index (χ3v) is 4.79. The smallest absolute Gasteiger partial charge is 0.265 e. The van der Waals surface area contributed by atoms with E-state index in [2.05, 4.69) is 42.4 Å². The van der Waals surface area contributed by atoms with Gasteiger partial charge in [0, 0.05) is 25.8 Å². The summed E-state index contributed by atoms with van der Waals surface area (Å²) in [5.74, 6) is -0.194. The van der Waals surface area contributed by atoms with E-state index in [9.17, 15) is 10.1 Å². The van der Waals surface area contributed by atoms with Crippen molar-refractivity contribution < 1.29 is 4.79 Å². The first-order valence-electron chi connectivity index (χ1n) is 8.86. The standard InChI is InChI=1S/C20H28N4O/c1-16-5-4-6-17(13-16)7-10-22-15-18(14-21)20(25)24(3)19-8-11-23(2)12-9-19/h4-6,13,15,19,22H,7-12H2,1-3H3/b18-15-. The zero-order valence-corrected chi connectivity index (χ0v) is 15.5. The SMILES string of the molecule is Cc1cccc(CCN/C=C(/C#N)C(=O)N(C)C2CCN(C)CC2)c1. The molecule has 1 aliphatic heterocycles. The molecule has 1 amide bonds. The maximum Gasteiger partial charge on any atom is 0.265 e. The molecule has 0 aliphatic carbocycles. The Bertz CT molecular complexity index is 654. The maximum atomic E-state index is 12.5. The number of likely N-dealkylation sites (tertiary alicyclic amines) is 1. The summed E-state index contributed by atoms with van der Waals surface area (Å²) < 4.78 is 0. The summed E-state index contributed by atoms with van der Waals surface area (Å²) in [5.41, 5.74) is 2.65. The molecule has 134 valence electrons. The van der Waals surface area contributed by atoms with Crippen molar-refractivity contribution in [3.63, 3.8) is 0 Å². The topological polar surface area (TPSA) is 59.4 Å². The second-order valence-electron chi connectivity index (χ2n) is 6.81. The van der Waals surface area contributed by atoms with Crippen LogP contribution in [-0.4, -0.2) is 55.5 Å². The van der Waals surface area contributed by atoms with Gasteiger partial charge in [0.15, 0.2) is 0 Å². The summed E-state index contributed by atoms with van der Waals surface area (Å²) in [6.07, 6.45) is 4.33. The van der Waals surface area contributed by atoms with Crippen molar-refractivity contribution in [3.8, 4) is 6.07 Å². The van der Waals surface area contributed by atoms with Crippen molar-refractivity contribution in [2.45, 2.75) is 32.2 Å². The van der Waals surface area contributed by atoms with Gasteiger partial charge in [-0.3, -0.25) is 4.79 Å². The molecule has 0 aromatic heterocycles. The monoisotopic (exact) mass is 340 g/mol. The quantitative estimate of drug-likeness (QED) is 0.489. The lowest BCUT2D eigenvalue weighted by atomic mass is 10.0. The molecule has 0 saturated carbocycles. The summed E-state index contributed by atoms with van der Waals surface area (Å²) in [7, 11) is 3.90. The Morgan fingerprint density at radius 2 is 2.16 bits per heavy atom. The fraction of sp³-hybridized carbons (Fsp3) is 0.500. The molecule has 5 heteroatoms. The van der Waals surface area contributed by atoms with Crippen LogP contribution in [0.25, 0.3) is 0 Å². The van der Waals surface area contributed by atoms with Gasteiger partial charge in [-0.1, -0.05) is 29.8 Å². The van der Waals surface area contributed by atoms with E-state index in [-0.39, 0.29) is 17.5 Å². The molecule has 1 fully saturated rings. The predicted octanol–water partition coefficient (Wildman–Crippen LogP) is 2.09. The second-order valence-corrected chi connectivity index (χ2v) is 6.81. The molecular weight excluding hydrogens is 312 g/mol. The average molecular weight is 340 g/mol. The van der Waals surface area contributed by atoms with Gasteiger partial charge in [-0.05, 0) is 51.9 Å². The van der Waals surface area contributed by atoms with Crippen LogP contribution in [0, 0.1) is 18.3 Å². The van der Waals surface area contributed by atoms with Gasteiger partial charge in [0.2, 0.25) is 0 Å². The average Bonchev–Trinajstić information content (AvgIpc) is 2.61. The molecule has 1 heterocycles. The number of rotatable bonds is 6. The van der Waals surface area contributed by atoms with E-state index in [0.717, 1.165) is 32.4 Å². The van der Waals surface area contributed by atoms with Crippen molar-refractivity contribution in [3.05, 3.63) is 47.2 Å². The van der Waals surface area contributed by atoms with Crippen LogP contribution in [0.4, 0.5) is 0 Å². The molecule has 1 aromatic rings. The molecular formula is C20H28N4O. The van der Waals surface area contributed by atoms with E-state index in [1.807, 2.05) is 12.1 Å². The van der Waals surface area contributed by atoms with Crippen LogP contribution in [-0.2, 0) is 11.2 Å². The Labute approximate surface area is 150 Å². The van der Waals surface area contributed by atoms with Crippen molar-refractivity contribution in [1.82, 2.24) is 15.1 Å². The minimum atomic E-state index is -0.194. The molecule has 0 unspecified atom stereocenters. The number of likely N-dealkylation sites (N-methyl/N-ethyl adjacent to an activating group) is 1. The molecule has 25 heavy (non-hydrogen) atoms. The van der Waals surface area contributed by atoms with E-state index in [0.29, 0.717) is 6.54 Å². The number of nitrogens with zero attached hydrogens (tertiary/aromatic N) is 3. The van der Waals surface area contributed by atoms with E-state index >= 15 is 0 Å². The van der Waals surface area contributed by atoms with Crippen LogP contribution in [0.3, 0.4) is 0 Å². The summed E-state index contributed by atoms with van der Waals surface area (Å²) >= 11 is 0. The third-order valence-electron chi connectivity index (χ3n) is 4.79. The van der Waals surface area contributed by atoms with Crippen molar-refractivity contribution in [2.75, 3.05) is 33.7 Å². The number of piperidine rings is 1. The van der Waals surface area contributed by atoms with Crippen LogP contribution in [0.15, 0.2) is 36.0 Å². The van der Waals surface area contributed by atoms with Gasteiger partial charge in [-0.15, -0.1) is 0 Å². The zero-order chi connectivity index (χ0) is 18.2. The second kappa shape index (κ2) is 9.24. The summed E-state index contributed by atoms with van der Waals surface area (Å²) in [5, 5.41) is 12.4. The Morgan fingerprint density at radius 1 is 1.44 bits per heavy atom. The van der Waals surface area contributed by atoms with Crippen LogP contribution >= 0.6 is 0 Å². The molecule has 1 aromatic carbocycles. The normalized spacial score (nSPS) is 16.3. The fourth-order valence-electron chi connectivity index (χ4n) is 3.14. The first-order valence-corrected chi connectivity index (χ1v) is 8.86. The molecule has 1 N–H and O–H groups in total. The van der Waals surface area contributed by atoms with Crippen LogP contribution < -0.4 is 5.32 Å². The first kappa shape index (κ1) is 19.0. The fourth-order valence-corrected chi connectivity index (χ4v) is 3.14. The van der Waals surface area contributed by atoms with Gasteiger partial charge < -0.3 is 15.1 Å². The number of carbonyl (C=O) groups is 1. The Kier molecular flexibility index (Phi) is 7.03. The maximum absolute atomic E-state index is 12.5. The number of carbonyl (C=O) groups excluding carboxylic acids is 1. The predicted molar refractivity (Wildman–Crippen MR) is 99.9 cm³/mol. The zero-order valence-electron chi connectivity index (χ0n) is 15.5. The van der Waals surface area contributed by atoms with Crippen LogP contribution in [0.2, 0.25) is 0 Å². The van der Waals surface area contributed by atoms with Crippen LogP contribution in [0.5, 0.6) is 0 Å².